The van der Waals surface area contributed by atoms with Crippen LogP contribution in [-0.4, -0.2) is 44.6 Å². The van der Waals surface area contributed by atoms with Crippen molar-refractivity contribution in [2.45, 2.75) is 33.0 Å². The van der Waals surface area contributed by atoms with E-state index in [-0.39, 0.29) is 23.8 Å². The van der Waals surface area contributed by atoms with E-state index in [2.05, 4.69) is 15.4 Å². The van der Waals surface area contributed by atoms with Gasteiger partial charge in [-0.3, -0.25) is 9.59 Å². The zero-order chi connectivity index (χ0) is 22.8. The number of hydrogen-bond acceptors (Lipinski definition) is 4. The summed E-state index contributed by atoms with van der Waals surface area (Å²) in [5.74, 6) is -1.18. The number of pyridine rings is 1. The fourth-order valence-corrected chi connectivity index (χ4v) is 3.15. The average Bonchev–Trinajstić information content (AvgIpc) is 3.14. The Morgan fingerprint density at radius 2 is 1.90 bits per heavy atom. The van der Waals surface area contributed by atoms with Crippen LogP contribution in [0.4, 0.5) is 18.9 Å². The van der Waals surface area contributed by atoms with Crippen LogP contribution < -0.4 is 5.32 Å². The summed E-state index contributed by atoms with van der Waals surface area (Å²) in [5, 5.41) is 7.19. The minimum absolute atomic E-state index is 0.0990. The van der Waals surface area contributed by atoms with Gasteiger partial charge >= 0.3 is 6.18 Å². The Balaban J connectivity index is 1.76. The maximum absolute atomic E-state index is 13.1. The molecule has 0 unspecified atom stereocenters. The molecule has 2 aromatic heterocycles. The molecule has 0 atom stereocenters. The Kier molecular flexibility index (Phi) is 6.28. The number of rotatable bonds is 6. The van der Waals surface area contributed by atoms with Crippen LogP contribution in [0.15, 0.2) is 42.7 Å². The number of para-hydroxylation sites is 1. The fourth-order valence-electron chi connectivity index (χ4n) is 3.15. The molecular formula is C21H22F3N5O2. The average molecular weight is 433 g/mol. The summed E-state index contributed by atoms with van der Waals surface area (Å²) in [6, 6.07) is 6.42. The Morgan fingerprint density at radius 3 is 2.55 bits per heavy atom. The monoisotopic (exact) mass is 433 g/mol. The van der Waals surface area contributed by atoms with Gasteiger partial charge in [-0.1, -0.05) is 12.1 Å². The predicted octanol–water partition coefficient (Wildman–Crippen LogP) is 4.13. The van der Waals surface area contributed by atoms with E-state index >= 15 is 0 Å². The van der Waals surface area contributed by atoms with Crippen molar-refractivity contribution in [2.75, 3.05) is 18.4 Å². The van der Waals surface area contributed by atoms with Crippen LogP contribution in [0.2, 0.25) is 0 Å². The zero-order valence-electron chi connectivity index (χ0n) is 17.3. The molecule has 7 nitrogen and oxygen atoms in total. The van der Waals surface area contributed by atoms with Gasteiger partial charge in [-0.05, 0) is 39.0 Å². The molecule has 0 saturated carbocycles. The SMILES string of the molecule is CCN(CC(=O)Nc1ccccc1C(F)(F)F)C(=O)c1cnc2c(cnn2C(C)C)c1. The summed E-state index contributed by atoms with van der Waals surface area (Å²) in [5.41, 5.74) is -0.403. The number of nitrogens with one attached hydrogen (secondary N) is 1. The highest BCUT2D eigenvalue weighted by molar-refractivity contribution is 6.00. The molecule has 164 valence electrons. The van der Waals surface area contributed by atoms with Gasteiger partial charge in [0.1, 0.15) is 6.54 Å². The van der Waals surface area contributed by atoms with E-state index in [1.165, 1.54) is 29.3 Å². The number of aromatic nitrogens is 3. The van der Waals surface area contributed by atoms with Gasteiger partial charge in [0.05, 0.1) is 23.0 Å². The van der Waals surface area contributed by atoms with Gasteiger partial charge in [0, 0.05) is 24.2 Å². The topological polar surface area (TPSA) is 80.1 Å². The third-order valence-corrected chi connectivity index (χ3v) is 4.68. The standard InChI is InChI=1S/C21H22F3N5O2/c1-4-28(12-18(30)27-17-8-6-5-7-16(17)21(22,23)24)20(31)15-9-14-11-26-29(13(2)3)19(14)25-10-15/h5-11,13H,4,12H2,1-3H3,(H,27,30). The minimum atomic E-state index is -4.61. The summed E-state index contributed by atoms with van der Waals surface area (Å²) in [7, 11) is 0. The first-order chi connectivity index (χ1) is 14.6. The van der Waals surface area contributed by atoms with E-state index < -0.39 is 30.1 Å². The molecule has 2 heterocycles. The molecule has 1 N–H and O–H groups in total. The normalized spacial score (nSPS) is 11.7. The molecule has 1 aromatic carbocycles. The van der Waals surface area contributed by atoms with Gasteiger partial charge in [0.25, 0.3) is 5.91 Å². The maximum Gasteiger partial charge on any atom is 0.418 e. The second-order valence-electron chi connectivity index (χ2n) is 7.23. The highest BCUT2D eigenvalue weighted by Gasteiger charge is 2.33. The maximum atomic E-state index is 13.1. The first-order valence-electron chi connectivity index (χ1n) is 9.70. The van der Waals surface area contributed by atoms with Crippen LogP contribution in [0.3, 0.4) is 0 Å². The van der Waals surface area contributed by atoms with Crippen LogP contribution >= 0.6 is 0 Å². The van der Waals surface area contributed by atoms with Crippen molar-refractivity contribution in [1.29, 1.82) is 0 Å². The van der Waals surface area contributed by atoms with E-state index in [9.17, 15) is 22.8 Å². The molecule has 0 spiro atoms. The Bertz CT molecular complexity index is 1110. The van der Waals surface area contributed by atoms with Crippen LogP contribution in [0, 0.1) is 0 Å². The van der Waals surface area contributed by atoms with Gasteiger partial charge < -0.3 is 10.2 Å². The first kappa shape index (κ1) is 22.3. The molecule has 3 aromatic rings. The molecule has 31 heavy (non-hydrogen) atoms. The number of alkyl halides is 3. The van der Waals surface area contributed by atoms with Crippen molar-refractivity contribution >= 4 is 28.5 Å². The number of likely N-dealkylation sites (N-methyl/N-ethyl adjacent to an activating group) is 1. The van der Waals surface area contributed by atoms with Crippen molar-refractivity contribution in [1.82, 2.24) is 19.7 Å². The highest BCUT2D eigenvalue weighted by Crippen LogP contribution is 2.34. The number of nitrogens with zero attached hydrogens (tertiary/aromatic N) is 4. The number of fused-ring (bicyclic) bond motifs is 1. The van der Waals surface area contributed by atoms with Crippen molar-refractivity contribution < 1.29 is 22.8 Å². The van der Waals surface area contributed by atoms with Crippen molar-refractivity contribution in [3.05, 3.63) is 53.9 Å². The van der Waals surface area contributed by atoms with Crippen molar-refractivity contribution in [2.24, 2.45) is 0 Å². The summed E-state index contributed by atoms with van der Waals surface area (Å²) in [4.78, 5) is 30.8. The molecule has 0 bridgehead atoms. The Morgan fingerprint density at radius 1 is 1.19 bits per heavy atom. The lowest BCUT2D eigenvalue weighted by Gasteiger charge is -2.21. The van der Waals surface area contributed by atoms with E-state index in [1.807, 2.05) is 13.8 Å². The number of anilines is 1. The van der Waals surface area contributed by atoms with E-state index in [0.717, 1.165) is 6.07 Å². The summed E-state index contributed by atoms with van der Waals surface area (Å²) < 4.78 is 41.1. The zero-order valence-corrected chi connectivity index (χ0v) is 17.3. The second-order valence-corrected chi connectivity index (χ2v) is 7.23. The molecule has 0 aliphatic rings. The number of amides is 2. The highest BCUT2D eigenvalue weighted by atomic mass is 19.4. The van der Waals surface area contributed by atoms with E-state index in [4.69, 9.17) is 0 Å². The molecule has 0 saturated heterocycles. The summed E-state index contributed by atoms with van der Waals surface area (Å²) >= 11 is 0. The van der Waals surface area contributed by atoms with E-state index in [0.29, 0.717) is 11.0 Å². The molecule has 0 radical (unpaired) electrons. The van der Waals surface area contributed by atoms with E-state index in [1.54, 1.807) is 23.9 Å². The second kappa shape index (κ2) is 8.75. The number of halogens is 3. The van der Waals surface area contributed by atoms with Crippen molar-refractivity contribution in [3.63, 3.8) is 0 Å². The minimum Gasteiger partial charge on any atom is -0.330 e. The molecule has 2 amide bonds. The van der Waals surface area contributed by atoms with Gasteiger partial charge in [-0.15, -0.1) is 0 Å². The van der Waals surface area contributed by atoms with Gasteiger partial charge in [-0.25, -0.2) is 9.67 Å². The van der Waals surface area contributed by atoms with Crippen LogP contribution in [-0.2, 0) is 11.0 Å². The molecule has 0 fully saturated rings. The molecule has 0 aliphatic carbocycles. The van der Waals surface area contributed by atoms with Gasteiger partial charge in [0.15, 0.2) is 5.65 Å². The fraction of sp³-hybridized carbons (Fsp3) is 0.333. The van der Waals surface area contributed by atoms with Gasteiger partial charge in [-0.2, -0.15) is 18.3 Å². The molecule has 0 aliphatic heterocycles. The molecule has 10 heteroatoms. The first-order valence-corrected chi connectivity index (χ1v) is 9.70. The lowest BCUT2D eigenvalue weighted by atomic mass is 10.1. The Labute approximate surface area is 176 Å². The van der Waals surface area contributed by atoms with Gasteiger partial charge in [0.2, 0.25) is 5.91 Å². The molecular weight excluding hydrogens is 411 g/mol. The third-order valence-electron chi connectivity index (χ3n) is 4.68. The summed E-state index contributed by atoms with van der Waals surface area (Å²) in [6.07, 6.45) is -1.59. The number of hydrogen-bond donors (Lipinski definition) is 1. The lowest BCUT2D eigenvalue weighted by Crippen LogP contribution is -2.38. The third kappa shape index (κ3) is 4.84. The number of carbonyl (C=O) groups is 2. The quantitative estimate of drug-likeness (QED) is 0.634. The van der Waals surface area contributed by atoms with Crippen LogP contribution in [0.1, 0.15) is 42.7 Å². The van der Waals surface area contributed by atoms with Crippen molar-refractivity contribution in [3.8, 4) is 0 Å². The molecule has 3 rings (SSSR count). The predicted molar refractivity (Wildman–Crippen MR) is 110 cm³/mol. The Hall–Kier alpha value is -3.43. The largest absolute Gasteiger partial charge is 0.418 e. The number of benzene rings is 1. The smallest absolute Gasteiger partial charge is 0.330 e. The summed E-state index contributed by atoms with van der Waals surface area (Å²) in [6.45, 7) is 5.39. The van der Waals surface area contributed by atoms with Crippen LogP contribution in [0.25, 0.3) is 11.0 Å². The lowest BCUT2D eigenvalue weighted by molar-refractivity contribution is -0.137. The number of carbonyl (C=O) groups excluding carboxylic acids is 2. The van der Waals surface area contributed by atoms with Crippen LogP contribution in [0.5, 0.6) is 0 Å².